The third-order valence-electron chi connectivity index (χ3n) is 4.06. The Hall–Kier alpha value is -1.75. The van der Waals surface area contributed by atoms with E-state index >= 15 is 0 Å². The lowest BCUT2D eigenvalue weighted by Gasteiger charge is -2.41. The maximum Gasteiger partial charge on any atom is 0.410 e. The zero-order valence-corrected chi connectivity index (χ0v) is 15.0. The SMILES string of the molecule is CC1CN(C(=O)OC(C)(C)C)CCN1c1cccc2sccc12. The van der Waals surface area contributed by atoms with Crippen molar-refractivity contribution in [3.8, 4) is 0 Å². The van der Waals surface area contributed by atoms with Gasteiger partial charge in [-0.25, -0.2) is 4.79 Å². The van der Waals surface area contributed by atoms with Gasteiger partial charge in [-0.3, -0.25) is 0 Å². The smallest absolute Gasteiger partial charge is 0.410 e. The zero-order chi connectivity index (χ0) is 16.6. The maximum atomic E-state index is 12.3. The first-order valence-electron chi connectivity index (χ1n) is 8.06. The number of benzene rings is 1. The van der Waals surface area contributed by atoms with E-state index in [9.17, 15) is 4.79 Å². The summed E-state index contributed by atoms with van der Waals surface area (Å²) < 4.78 is 6.80. The largest absolute Gasteiger partial charge is 0.444 e. The van der Waals surface area contributed by atoms with Gasteiger partial charge in [-0.15, -0.1) is 11.3 Å². The number of nitrogens with zero attached hydrogens (tertiary/aromatic N) is 2. The molecule has 0 radical (unpaired) electrons. The number of carbonyl (C=O) groups excluding carboxylic acids is 1. The van der Waals surface area contributed by atoms with E-state index in [2.05, 4.69) is 41.5 Å². The maximum absolute atomic E-state index is 12.3. The molecule has 2 heterocycles. The van der Waals surface area contributed by atoms with E-state index in [4.69, 9.17) is 4.74 Å². The number of hydrogen-bond acceptors (Lipinski definition) is 4. The van der Waals surface area contributed by atoms with Crippen LogP contribution in [0.25, 0.3) is 10.1 Å². The van der Waals surface area contributed by atoms with Gasteiger partial charge in [0.25, 0.3) is 0 Å². The Labute approximate surface area is 141 Å². The third kappa shape index (κ3) is 3.44. The summed E-state index contributed by atoms with van der Waals surface area (Å²) >= 11 is 1.77. The summed E-state index contributed by atoms with van der Waals surface area (Å²) in [6, 6.07) is 8.89. The first-order chi connectivity index (χ1) is 10.8. The van der Waals surface area contributed by atoms with E-state index in [1.165, 1.54) is 15.8 Å². The van der Waals surface area contributed by atoms with Gasteiger partial charge >= 0.3 is 6.09 Å². The summed E-state index contributed by atoms with van der Waals surface area (Å²) in [6.45, 7) is 10.1. The fourth-order valence-corrected chi connectivity index (χ4v) is 3.84. The van der Waals surface area contributed by atoms with Crippen molar-refractivity contribution in [1.29, 1.82) is 0 Å². The van der Waals surface area contributed by atoms with Crippen LogP contribution in [0.2, 0.25) is 0 Å². The van der Waals surface area contributed by atoms with Gasteiger partial charge in [-0.2, -0.15) is 0 Å². The number of piperazine rings is 1. The Morgan fingerprint density at radius 2 is 2.04 bits per heavy atom. The van der Waals surface area contributed by atoms with E-state index in [1.807, 2.05) is 25.7 Å². The predicted molar refractivity (Wildman–Crippen MR) is 96.4 cm³/mol. The monoisotopic (exact) mass is 332 g/mol. The summed E-state index contributed by atoms with van der Waals surface area (Å²) in [5.74, 6) is 0. The molecule has 1 fully saturated rings. The highest BCUT2D eigenvalue weighted by Gasteiger charge is 2.30. The summed E-state index contributed by atoms with van der Waals surface area (Å²) in [5, 5.41) is 3.44. The number of ether oxygens (including phenoxy) is 1. The van der Waals surface area contributed by atoms with Crippen molar-refractivity contribution in [3.05, 3.63) is 29.6 Å². The number of hydrogen-bond donors (Lipinski definition) is 0. The lowest BCUT2D eigenvalue weighted by molar-refractivity contribution is 0.0219. The van der Waals surface area contributed by atoms with Crippen molar-refractivity contribution in [3.63, 3.8) is 0 Å². The molecule has 1 amide bonds. The molecule has 1 saturated heterocycles. The van der Waals surface area contributed by atoms with Crippen molar-refractivity contribution in [1.82, 2.24) is 4.90 Å². The normalized spacial score (nSPS) is 19.2. The van der Waals surface area contributed by atoms with E-state index in [0.717, 1.165) is 6.54 Å². The number of amides is 1. The molecule has 23 heavy (non-hydrogen) atoms. The molecule has 0 saturated carbocycles. The number of thiophene rings is 1. The van der Waals surface area contributed by atoms with Crippen LogP contribution in [0, 0.1) is 0 Å². The van der Waals surface area contributed by atoms with E-state index < -0.39 is 5.60 Å². The molecular formula is C18H24N2O2S. The Balaban J connectivity index is 1.74. The second-order valence-electron chi connectivity index (χ2n) is 7.08. The summed E-state index contributed by atoms with van der Waals surface area (Å²) in [7, 11) is 0. The summed E-state index contributed by atoms with van der Waals surface area (Å²) in [4.78, 5) is 16.5. The Kier molecular flexibility index (Phi) is 4.23. The Morgan fingerprint density at radius 1 is 1.26 bits per heavy atom. The highest BCUT2D eigenvalue weighted by Crippen LogP contribution is 2.32. The van der Waals surface area contributed by atoms with Gasteiger partial charge < -0.3 is 14.5 Å². The lowest BCUT2D eigenvalue weighted by Crippen LogP contribution is -2.54. The summed E-state index contributed by atoms with van der Waals surface area (Å²) in [5.41, 5.74) is 0.819. The predicted octanol–water partition coefficient (Wildman–Crippen LogP) is 4.35. The quantitative estimate of drug-likeness (QED) is 0.778. The highest BCUT2D eigenvalue weighted by atomic mass is 32.1. The average Bonchev–Trinajstić information content (AvgIpc) is 2.94. The molecule has 3 rings (SSSR count). The number of anilines is 1. The van der Waals surface area contributed by atoms with Crippen LogP contribution >= 0.6 is 11.3 Å². The van der Waals surface area contributed by atoms with Crippen LogP contribution in [-0.2, 0) is 4.74 Å². The molecular weight excluding hydrogens is 308 g/mol. The minimum absolute atomic E-state index is 0.210. The second-order valence-corrected chi connectivity index (χ2v) is 8.03. The minimum atomic E-state index is -0.445. The van der Waals surface area contributed by atoms with Crippen molar-refractivity contribution < 1.29 is 9.53 Å². The first kappa shape index (κ1) is 16.1. The van der Waals surface area contributed by atoms with Gasteiger partial charge in [0.2, 0.25) is 0 Å². The topological polar surface area (TPSA) is 32.8 Å². The second kappa shape index (κ2) is 6.04. The molecule has 1 unspecified atom stereocenters. The molecule has 0 spiro atoms. The molecule has 0 bridgehead atoms. The van der Waals surface area contributed by atoms with Crippen molar-refractivity contribution >= 4 is 33.2 Å². The fraction of sp³-hybridized carbons (Fsp3) is 0.500. The van der Waals surface area contributed by atoms with Crippen LogP contribution in [-0.4, -0.2) is 42.3 Å². The van der Waals surface area contributed by atoms with Crippen LogP contribution in [0.5, 0.6) is 0 Å². The van der Waals surface area contributed by atoms with Crippen molar-refractivity contribution in [2.75, 3.05) is 24.5 Å². The van der Waals surface area contributed by atoms with Gasteiger partial charge in [-0.05, 0) is 51.3 Å². The molecule has 1 aliphatic heterocycles. The van der Waals surface area contributed by atoms with Gasteiger partial charge in [-0.1, -0.05) is 6.07 Å². The minimum Gasteiger partial charge on any atom is -0.444 e. The molecule has 2 aromatic rings. The Bertz CT molecular complexity index is 704. The van der Waals surface area contributed by atoms with Crippen molar-refractivity contribution in [2.24, 2.45) is 0 Å². The molecule has 4 nitrogen and oxygen atoms in total. The van der Waals surface area contributed by atoms with Crippen LogP contribution in [0.1, 0.15) is 27.7 Å². The zero-order valence-electron chi connectivity index (χ0n) is 14.2. The van der Waals surface area contributed by atoms with Crippen LogP contribution in [0.4, 0.5) is 10.5 Å². The molecule has 124 valence electrons. The first-order valence-corrected chi connectivity index (χ1v) is 8.94. The van der Waals surface area contributed by atoms with Crippen LogP contribution in [0.3, 0.4) is 0 Å². The van der Waals surface area contributed by atoms with Crippen LogP contribution in [0.15, 0.2) is 29.6 Å². The van der Waals surface area contributed by atoms with Gasteiger partial charge in [0.15, 0.2) is 0 Å². The molecule has 1 aromatic carbocycles. The number of carbonyl (C=O) groups is 1. The molecule has 0 aliphatic carbocycles. The number of rotatable bonds is 1. The molecule has 1 atom stereocenters. The molecule has 1 aliphatic rings. The van der Waals surface area contributed by atoms with E-state index in [-0.39, 0.29) is 12.1 Å². The molecule has 5 heteroatoms. The molecule has 1 aromatic heterocycles. The van der Waals surface area contributed by atoms with Crippen LogP contribution < -0.4 is 4.90 Å². The van der Waals surface area contributed by atoms with Gasteiger partial charge in [0.1, 0.15) is 5.60 Å². The average molecular weight is 332 g/mol. The van der Waals surface area contributed by atoms with E-state index in [1.54, 1.807) is 11.3 Å². The van der Waals surface area contributed by atoms with Crippen molar-refractivity contribution in [2.45, 2.75) is 39.3 Å². The molecule has 0 N–H and O–H groups in total. The van der Waals surface area contributed by atoms with Gasteiger partial charge in [0, 0.05) is 41.4 Å². The summed E-state index contributed by atoms with van der Waals surface area (Å²) in [6.07, 6.45) is -0.210. The third-order valence-corrected chi connectivity index (χ3v) is 4.94. The number of fused-ring (bicyclic) bond motifs is 1. The lowest BCUT2D eigenvalue weighted by atomic mass is 10.1. The van der Waals surface area contributed by atoms with E-state index in [0.29, 0.717) is 13.1 Å². The van der Waals surface area contributed by atoms with Gasteiger partial charge in [0.05, 0.1) is 0 Å². The standard InChI is InChI=1S/C18H24N2O2S/c1-13-12-19(17(21)22-18(2,3)4)9-10-20(13)15-6-5-7-16-14(15)8-11-23-16/h5-8,11,13H,9-10,12H2,1-4H3. The fourth-order valence-electron chi connectivity index (χ4n) is 3.04. The Morgan fingerprint density at radius 3 is 2.74 bits per heavy atom. The highest BCUT2D eigenvalue weighted by molar-refractivity contribution is 7.17.